The molecule has 96 valence electrons. The number of nitrogens with zero attached hydrogens (tertiary/aromatic N) is 1. The molecule has 0 saturated carbocycles. The first kappa shape index (κ1) is 12.9. The van der Waals surface area contributed by atoms with E-state index in [4.69, 9.17) is 9.84 Å². The predicted octanol–water partition coefficient (Wildman–Crippen LogP) is 1.76. The zero-order valence-electron chi connectivity index (χ0n) is 9.72. The maximum Gasteiger partial charge on any atom is 0.335 e. The molecule has 1 aromatic carbocycles. The Bertz CT molecular complexity index is 503. The lowest BCUT2D eigenvalue weighted by Crippen LogP contribution is -2.29. The van der Waals surface area contributed by atoms with Gasteiger partial charge in [-0.3, -0.25) is 4.79 Å². The van der Waals surface area contributed by atoms with Crippen molar-refractivity contribution in [2.24, 2.45) is 0 Å². The molecule has 1 fully saturated rings. The molecule has 6 heteroatoms. The van der Waals surface area contributed by atoms with E-state index in [1.807, 2.05) is 0 Å². The zero-order valence-corrected chi connectivity index (χ0v) is 11.3. The standard InChI is InChI=1S/C12H12BrNO4/c1-14-5-4-10(11(14)15)18-9-3-2-7(12(16)17)6-8(9)13/h2-3,6,10H,4-5H2,1H3,(H,16,17). The molecule has 1 unspecified atom stereocenters. The number of carbonyl (C=O) groups excluding carboxylic acids is 1. The van der Waals surface area contributed by atoms with Crippen molar-refractivity contribution in [3.8, 4) is 5.75 Å². The van der Waals surface area contributed by atoms with Crippen LogP contribution in [0.15, 0.2) is 22.7 Å². The number of carboxylic acid groups (broad SMARTS) is 1. The van der Waals surface area contributed by atoms with Gasteiger partial charge in [0.25, 0.3) is 5.91 Å². The van der Waals surface area contributed by atoms with Crippen molar-refractivity contribution < 1.29 is 19.4 Å². The van der Waals surface area contributed by atoms with Crippen LogP contribution < -0.4 is 4.74 Å². The smallest absolute Gasteiger partial charge is 0.335 e. The molecule has 1 heterocycles. The van der Waals surface area contributed by atoms with E-state index in [2.05, 4.69) is 15.9 Å². The second-order valence-corrected chi connectivity index (χ2v) is 4.96. The summed E-state index contributed by atoms with van der Waals surface area (Å²) in [7, 11) is 1.73. The highest BCUT2D eigenvalue weighted by atomic mass is 79.9. The molecule has 1 saturated heterocycles. The number of amides is 1. The number of halogens is 1. The van der Waals surface area contributed by atoms with Crippen LogP contribution >= 0.6 is 15.9 Å². The van der Waals surface area contributed by atoms with Crippen molar-refractivity contribution in [1.82, 2.24) is 4.90 Å². The Morgan fingerprint density at radius 1 is 1.56 bits per heavy atom. The fourth-order valence-corrected chi connectivity index (χ4v) is 2.25. The maximum absolute atomic E-state index is 11.7. The summed E-state index contributed by atoms with van der Waals surface area (Å²) < 4.78 is 6.12. The molecule has 0 aliphatic carbocycles. The number of ether oxygens (including phenoxy) is 1. The average molecular weight is 314 g/mol. The molecule has 18 heavy (non-hydrogen) atoms. The molecule has 2 rings (SSSR count). The van der Waals surface area contributed by atoms with E-state index < -0.39 is 12.1 Å². The lowest BCUT2D eigenvalue weighted by molar-refractivity contribution is -0.132. The predicted molar refractivity (Wildman–Crippen MR) is 67.8 cm³/mol. The molecule has 1 atom stereocenters. The summed E-state index contributed by atoms with van der Waals surface area (Å²) in [5.74, 6) is -0.572. The monoisotopic (exact) mass is 313 g/mol. The molecular formula is C12H12BrNO4. The van der Waals surface area contributed by atoms with Crippen LogP contribution in [-0.4, -0.2) is 41.6 Å². The summed E-state index contributed by atoms with van der Waals surface area (Å²) >= 11 is 3.24. The van der Waals surface area contributed by atoms with Crippen molar-refractivity contribution >= 4 is 27.8 Å². The number of carbonyl (C=O) groups is 2. The largest absolute Gasteiger partial charge is 0.479 e. The summed E-state index contributed by atoms with van der Waals surface area (Å²) in [6.45, 7) is 0.675. The fraction of sp³-hybridized carbons (Fsp3) is 0.333. The third-order valence-corrected chi connectivity index (χ3v) is 3.45. The quantitative estimate of drug-likeness (QED) is 0.923. The summed E-state index contributed by atoms with van der Waals surface area (Å²) in [5.41, 5.74) is 0.170. The van der Waals surface area contributed by atoms with Crippen LogP contribution in [0.3, 0.4) is 0 Å². The summed E-state index contributed by atoms with van der Waals surface area (Å²) in [4.78, 5) is 24.1. The van der Waals surface area contributed by atoms with Gasteiger partial charge in [-0.05, 0) is 34.1 Å². The van der Waals surface area contributed by atoms with Crippen LogP contribution in [0.1, 0.15) is 16.8 Å². The lowest BCUT2D eigenvalue weighted by Gasteiger charge is -2.14. The molecule has 0 radical (unpaired) electrons. The molecule has 0 spiro atoms. The van der Waals surface area contributed by atoms with Crippen LogP contribution in [0.4, 0.5) is 0 Å². The van der Waals surface area contributed by atoms with Crippen molar-refractivity contribution in [1.29, 1.82) is 0 Å². The first-order chi connectivity index (χ1) is 8.49. The first-order valence-electron chi connectivity index (χ1n) is 5.43. The third-order valence-electron chi connectivity index (χ3n) is 2.83. The van der Waals surface area contributed by atoms with Gasteiger partial charge in [0, 0.05) is 20.0 Å². The van der Waals surface area contributed by atoms with Gasteiger partial charge in [-0.1, -0.05) is 0 Å². The van der Waals surface area contributed by atoms with Gasteiger partial charge in [0.1, 0.15) is 5.75 Å². The molecule has 0 aromatic heterocycles. The second kappa shape index (κ2) is 4.97. The van der Waals surface area contributed by atoms with Gasteiger partial charge < -0.3 is 14.7 Å². The maximum atomic E-state index is 11.7. The number of hydrogen-bond acceptors (Lipinski definition) is 3. The summed E-state index contributed by atoms with van der Waals surface area (Å²) in [5, 5.41) is 8.84. The van der Waals surface area contributed by atoms with Crippen molar-refractivity contribution in [2.45, 2.75) is 12.5 Å². The number of rotatable bonds is 3. The van der Waals surface area contributed by atoms with E-state index in [0.717, 1.165) is 0 Å². The van der Waals surface area contributed by atoms with Gasteiger partial charge in [0.2, 0.25) is 0 Å². The Morgan fingerprint density at radius 2 is 2.28 bits per heavy atom. The molecule has 1 aliphatic rings. The Labute approximate surface area is 112 Å². The van der Waals surface area contributed by atoms with Crippen LogP contribution in [0.5, 0.6) is 5.75 Å². The first-order valence-corrected chi connectivity index (χ1v) is 6.23. The van der Waals surface area contributed by atoms with Gasteiger partial charge in [-0.25, -0.2) is 4.79 Å². The summed E-state index contributed by atoms with van der Waals surface area (Å²) in [6.07, 6.45) is 0.157. The van der Waals surface area contributed by atoms with Crippen LogP contribution in [-0.2, 0) is 4.79 Å². The van der Waals surface area contributed by atoms with Crippen molar-refractivity contribution in [2.75, 3.05) is 13.6 Å². The molecule has 1 N–H and O–H groups in total. The molecule has 5 nitrogen and oxygen atoms in total. The van der Waals surface area contributed by atoms with E-state index in [-0.39, 0.29) is 11.5 Å². The van der Waals surface area contributed by atoms with E-state index in [9.17, 15) is 9.59 Å². The van der Waals surface area contributed by atoms with E-state index in [1.54, 1.807) is 18.0 Å². The van der Waals surface area contributed by atoms with Crippen LogP contribution in [0.2, 0.25) is 0 Å². The Morgan fingerprint density at radius 3 is 2.78 bits per heavy atom. The molecular weight excluding hydrogens is 302 g/mol. The zero-order chi connectivity index (χ0) is 13.3. The number of likely N-dealkylation sites (tertiary alicyclic amines) is 1. The van der Waals surface area contributed by atoms with Gasteiger partial charge in [0.05, 0.1) is 10.0 Å². The number of benzene rings is 1. The lowest BCUT2D eigenvalue weighted by atomic mass is 10.2. The molecule has 1 amide bonds. The topological polar surface area (TPSA) is 66.8 Å². The highest BCUT2D eigenvalue weighted by Gasteiger charge is 2.31. The van der Waals surface area contributed by atoms with Gasteiger partial charge >= 0.3 is 5.97 Å². The normalized spacial score (nSPS) is 19.1. The molecule has 1 aliphatic heterocycles. The van der Waals surface area contributed by atoms with Crippen molar-refractivity contribution in [3.63, 3.8) is 0 Å². The van der Waals surface area contributed by atoms with Crippen LogP contribution in [0, 0.1) is 0 Å². The minimum atomic E-state index is -1.00. The second-order valence-electron chi connectivity index (χ2n) is 4.11. The minimum absolute atomic E-state index is 0.0517. The van der Waals surface area contributed by atoms with Crippen molar-refractivity contribution in [3.05, 3.63) is 28.2 Å². The Hall–Kier alpha value is -1.56. The van der Waals surface area contributed by atoms with Gasteiger partial charge in [-0.2, -0.15) is 0 Å². The fourth-order valence-electron chi connectivity index (χ4n) is 1.78. The van der Waals surface area contributed by atoms with E-state index >= 15 is 0 Å². The van der Waals surface area contributed by atoms with Gasteiger partial charge in [0.15, 0.2) is 6.10 Å². The van der Waals surface area contributed by atoms with Crippen LogP contribution in [0.25, 0.3) is 0 Å². The van der Waals surface area contributed by atoms with E-state index in [1.165, 1.54) is 12.1 Å². The highest BCUT2D eigenvalue weighted by Crippen LogP contribution is 2.28. The number of carboxylic acids is 1. The van der Waals surface area contributed by atoms with Gasteiger partial charge in [-0.15, -0.1) is 0 Å². The number of aromatic carboxylic acids is 1. The van der Waals surface area contributed by atoms with E-state index in [0.29, 0.717) is 23.2 Å². The SMILES string of the molecule is CN1CCC(Oc2ccc(C(=O)O)cc2Br)C1=O. The number of likely N-dealkylation sites (N-methyl/N-ethyl adjacent to an activating group) is 1. The number of hydrogen-bond donors (Lipinski definition) is 1. The third kappa shape index (κ3) is 2.48. The average Bonchev–Trinajstić information content (AvgIpc) is 2.63. The minimum Gasteiger partial charge on any atom is -0.479 e. The Balaban J connectivity index is 2.15. The summed E-state index contributed by atoms with van der Waals surface area (Å²) in [6, 6.07) is 4.46. The highest BCUT2D eigenvalue weighted by molar-refractivity contribution is 9.10. The molecule has 1 aromatic rings. The molecule has 0 bridgehead atoms. The Kier molecular flexibility index (Phi) is 3.56.